The SMILES string of the molecule is CN=C(NCCc1c[nH]c2ccccc12)NCc1ccn(-c2ccc(OC)cc2)n1.I. The number of fused-ring (bicyclic) bond motifs is 1. The van der Waals surface area contributed by atoms with E-state index in [4.69, 9.17) is 4.74 Å². The molecule has 4 rings (SSSR count). The van der Waals surface area contributed by atoms with Crippen LogP contribution in [0, 0.1) is 0 Å². The van der Waals surface area contributed by atoms with Crippen LogP contribution in [-0.2, 0) is 13.0 Å². The second-order valence-corrected chi connectivity index (χ2v) is 6.91. The van der Waals surface area contributed by atoms with Crippen molar-refractivity contribution < 1.29 is 4.74 Å². The monoisotopic (exact) mass is 530 g/mol. The molecule has 0 aliphatic carbocycles. The molecule has 0 amide bonds. The Bertz CT molecular complexity index is 1130. The van der Waals surface area contributed by atoms with E-state index >= 15 is 0 Å². The quantitative estimate of drug-likeness (QED) is 0.193. The van der Waals surface area contributed by atoms with Crippen LogP contribution in [0.15, 0.2) is 72.0 Å². The van der Waals surface area contributed by atoms with E-state index in [9.17, 15) is 0 Å². The van der Waals surface area contributed by atoms with Gasteiger partial charge in [-0.3, -0.25) is 4.99 Å². The molecule has 0 saturated carbocycles. The normalized spacial score (nSPS) is 11.2. The highest BCUT2D eigenvalue weighted by atomic mass is 127. The highest BCUT2D eigenvalue weighted by molar-refractivity contribution is 14.0. The first kappa shape index (κ1) is 22.7. The first-order valence-corrected chi connectivity index (χ1v) is 9.95. The Kier molecular flexibility index (Phi) is 7.94. The van der Waals surface area contributed by atoms with Crippen molar-refractivity contribution in [2.45, 2.75) is 13.0 Å². The number of halogens is 1. The van der Waals surface area contributed by atoms with E-state index in [0.29, 0.717) is 6.54 Å². The van der Waals surface area contributed by atoms with E-state index in [1.807, 2.05) is 47.3 Å². The summed E-state index contributed by atoms with van der Waals surface area (Å²) >= 11 is 0. The van der Waals surface area contributed by atoms with Crippen LogP contribution in [0.4, 0.5) is 0 Å². The topological polar surface area (TPSA) is 79.3 Å². The fourth-order valence-corrected chi connectivity index (χ4v) is 3.38. The first-order chi connectivity index (χ1) is 14.8. The van der Waals surface area contributed by atoms with E-state index in [1.165, 1.54) is 16.5 Å². The summed E-state index contributed by atoms with van der Waals surface area (Å²) < 4.78 is 7.05. The number of guanidine groups is 1. The Morgan fingerprint density at radius 2 is 1.90 bits per heavy atom. The third-order valence-electron chi connectivity index (χ3n) is 5.00. The number of hydrogen-bond donors (Lipinski definition) is 3. The van der Waals surface area contributed by atoms with Crippen LogP contribution in [-0.4, -0.2) is 41.4 Å². The number of methoxy groups -OCH3 is 1. The molecule has 8 heteroatoms. The fourth-order valence-electron chi connectivity index (χ4n) is 3.38. The van der Waals surface area contributed by atoms with E-state index in [1.54, 1.807) is 14.2 Å². The number of nitrogens with one attached hydrogen (secondary N) is 3. The van der Waals surface area contributed by atoms with Gasteiger partial charge in [0.2, 0.25) is 0 Å². The Labute approximate surface area is 198 Å². The van der Waals surface area contributed by atoms with Gasteiger partial charge in [0, 0.05) is 36.9 Å². The van der Waals surface area contributed by atoms with E-state index < -0.39 is 0 Å². The maximum Gasteiger partial charge on any atom is 0.191 e. The van der Waals surface area contributed by atoms with Crippen molar-refractivity contribution in [2.75, 3.05) is 20.7 Å². The smallest absolute Gasteiger partial charge is 0.191 e. The highest BCUT2D eigenvalue weighted by Crippen LogP contribution is 2.17. The van der Waals surface area contributed by atoms with Crippen LogP contribution < -0.4 is 15.4 Å². The molecule has 0 aliphatic heterocycles. The van der Waals surface area contributed by atoms with Crippen LogP contribution >= 0.6 is 24.0 Å². The fraction of sp³-hybridized carbons (Fsp3) is 0.217. The average molecular weight is 530 g/mol. The van der Waals surface area contributed by atoms with Crippen molar-refractivity contribution in [2.24, 2.45) is 4.99 Å². The van der Waals surface area contributed by atoms with Gasteiger partial charge in [-0.15, -0.1) is 24.0 Å². The number of rotatable bonds is 7. The zero-order valence-electron chi connectivity index (χ0n) is 17.6. The third kappa shape index (κ3) is 5.57. The van der Waals surface area contributed by atoms with Gasteiger partial charge in [0.25, 0.3) is 0 Å². The molecule has 0 unspecified atom stereocenters. The number of aromatic amines is 1. The van der Waals surface area contributed by atoms with Gasteiger partial charge in [-0.1, -0.05) is 18.2 Å². The molecule has 2 heterocycles. The maximum atomic E-state index is 5.20. The summed E-state index contributed by atoms with van der Waals surface area (Å²) in [6.45, 7) is 1.39. The van der Waals surface area contributed by atoms with E-state index in [-0.39, 0.29) is 24.0 Å². The number of ether oxygens (including phenoxy) is 1. The average Bonchev–Trinajstić information content (AvgIpc) is 3.43. The number of H-pyrrole nitrogens is 1. The van der Waals surface area contributed by atoms with Gasteiger partial charge in [-0.25, -0.2) is 4.68 Å². The Balaban J connectivity index is 0.00000272. The molecule has 3 N–H and O–H groups in total. The molecule has 0 fully saturated rings. The van der Waals surface area contributed by atoms with Crippen LogP contribution in [0.2, 0.25) is 0 Å². The van der Waals surface area contributed by atoms with Gasteiger partial charge in [-0.2, -0.15) is 5.10 Å². The second-order valence-electron chi connectivity index (χ2n) is 6.91. The Hall–Kier alpha value is -3.01. The summed E-state index contributed by atoms with van der Waals surface area (Å²) in [5, 5.41) is 12.6. The van der Waals surface area contributed by atoms with Crippen molar-refractivity contribution in [3.63, 3.8) is 0 Å². The minimum Gasteiger partial charge on any atom is -0.497 e. The molecule has 7 nitrogen and oxygen atoms in total. The molecule has 4 aromatic rings. The predicted octanol–water partition coefficient (Wildman–Crippen LogP) is 3.89. The molecule has 2 aromatic heterocycles. The molecule has 0 saturated heterocycles. The lowest BCUT2D eigenvalue weighted by Gasteiger charge is -2.10. The van der Waals surface area contributed by atoms with Crippen LogP contribution in [0.5, 0.6) is 5.75 Å². The van der Waals surface area contributed by atoms with Gasteiger partial charge < -0.3 is 20.4 Å². The van der Waals surface area contributed by atoms with Gasteiger partial charge in [0.05, 0.1) is 25.0 Å². The predicted molar refractivity (Wildman–Crippen MR) is 136 cm³/mol. The zero-order valence-corrected chi connectivity index (χ0v) is 20.0. The summed E-state index contributed by atoms with van der Waals surface area (Å²) in [7, 11) is 3.44. The summed E-state index contributed by atoms with van der Waals surface area (Å²) in [6.07, 6.45) is 4.94. The van der Waals surface area contributed by atoms with Crippen LogP contribution in [0.1, 0.15) is 11.3 Å². The molecule has 0 atom stereocenters. The molecule has 2 aromatic carbocycles. The largest absolute Gasteiger partial charge is 0.497 e. The number of aromatic nitrogens is 3. The third-order valence-corrected chi connectivity index (χ3v) is 5.00. The van der Waals surface area contributed by atoms with Gasteiger partial charge in [0.15, 0.2) is 5.96 Å². The standard InChI is InChI=1S/C23H26N6O.HI/c1-24-23(25-13-11-17-15-26-22-6-4-3-5-21(17)22)27-16-18-12-14-29(28-18)19-7-9-20(30-2)10-8-19;/h3-10,12,14-15,26H,11,13,16H2,1-2H3,(H2,24,25,27);1H. The van der Waals surface area contributed by atoms with Gasteiger partial charge in [0.1, 0.15) is 5.75 Å². The number of nitrogens with zero attached hydrogens (tertiary/aromatic N) is 3. The summed E-state index contributed by atoms with van der Waals surface area (Å²) in [4.78, 5) is 7.62. The van der Waals surface area contributed by atoms with Crippen LogP contribution in [0.25, 0.3) is 16.6 Å². The molecular weight excluding hydrogens is 503 g/mol. The van der Waals surface area contributed by atoms with Gasteiger partial charge in [-0.05, 0) is 48.4 Å². The van der Waals surface area contributed by atoms with Gasteiger partial charge >= 0.3 is 0 Å². The van der Waals surface area contributed by atoms with E-state index in [2.05, 4.69) is 50.1 Å². The molecule has 0 radical (unpaired) electrons. The molecule has 0 aliphatic rings. The minimum absolute atomic E-state index is 0. The van der Waals surface area contributed by atoms with Crippen LogP contribution in [0.3, 0.4) is 0 Å². The van der Waals surface area contributed by atoms with E-state index in [0.717, 1.165) is 36.1 Å². The summed E-state index contributed by atoms with van der Waals surface area (Å²) in [5.74, 6) is 1.59. The number of benzene rings is 2. The Morgan fingerprint density at radius 1 is 1.10 bits per heavy atom. The number of hydrogen-bond acceptors (Lipinski definition) is 3. The second kappa shape index (κ2) is 10.9. The minimum atomic E-state index is 0. The molecule has 31 heavy (non-hydrogen) atoms. The zero-order chi connectivity index (χ0) is 20.8. The molecule has 0 spiro atoms. The Morgan fingerprint density at radius 3 is 2.68 bits per heavy atom. The highest BCUT2D eigenvalue weighted by Gasteiger charge is 2.05. The molecule has 0 bridgehead atoms. The number of aliphatic imine (C=N–C) groups is 1. The van der Waals surface area contributed by atoms with Crippen molar-refractivity contribution >= 4 is 40.8 Å². The molecule has 162 valence electrons. The summed E-state index contributed by atoms with van der Waals surface area (Å²) in [5.41, 5.74) is 4.39. The van der Waals surface area contributed by atoms with Crippen molar-refractivity contribution in [3.8, 4) is 11.4 Å². The lowest BCUT2D eigenvalue weighted by Crippen LogP contribution is -2.37. The van der Waals surface area contributed by atoms with Crippen molar-refractivity contribution in [3.05, 3.63) is 78.2 Å². The maximum absolute atomic E-state index is 5.20. The van der Waals surface area contributed by atoms with Crippen molar-refractivity contribution in [1.29, 1.82) is 0 Å². The van der Waals surface area contributed by atoms with Crippen molar-refractivity contribution in [1.82, 2.24) is 25.4 Å². The molecular formula is C23H27IN6O. The summed E-state index contributed by atoms with van der Waals surface area (Å²) in [6, 6.07) is 18.2. The lowest BCUT2D eigenvalue weighted by molar-refractivity contribution is 0.414. The number of para-hydroxylation sites is 1. The first-order valence-electron chi connectivity index (χ1n) is 9.95. The lowest BCUT2D eigenvalue weighted by atomic mass is 10.1.